The molecule has 0 atom stereocenters. The molecule has 1 aromatic carbocycles. The summed E-state index contributed by atoms with van der Waals surface area (Å²) < 4.78 is 0. The number of hydrogen-bond acceptors (Lipinski definition) is 3. The van der Waals surface area contributed by atoms with E-state index in [0.717, 1.165) is 0 Å². The summed E-state index contributed by atoms with van der Waals surface area (Å²) in [4.78, 5) is 29.4. The van der Waals surface area contributed by atoms with Crippen LogP contribution in [0.4, 0.5) is 10.5 Å². The Labute approximate surface area is 145 Å². The number of anilines is 1. The third kappa shape index (κ3) is 4.73. The van der Waals surface area contributed by atoms with Crippen LogP contribution in [0.25, 0.3) is 0 Å². The SMILES string of the molecule is CN(C)C(=O)N1CCN(CC(=O)Nc2c(Cl)cccc2Cl)CC1. The molecule has 1 heterocycles. The van der Waals surface area contributed by atoms with Crippen molar-refractivity contribution in [2.24, 2.45) is 0 Å². The normalized spacial score (nSPS) is 15.4. The van der Waals surface area contributed by atoms with E-state index in [4.69, 9.17) is 23.2 Å². The molecule has 126 valence electrons. The number of nitrogens with one attached hydrogen (secondary N) is 1. The fourth-order valence-corrected chi connectivity index (χ4v) is 2.87. The van der Waals surface area contributed by atoms with Gasteiger partial charge in [-0.3, -0.25) is 9.69 Å². The van der Waals surface area contributed by atoms with Gasteiger partial charge in [-0.1, -0.05) is 29.3 Å². The average molecular weight is 359 g/mol. The number of hydrogen-bond donors (Lipinski definition) is 1. The van der Waals surface area contributed by atoms with Crippen molar-refractivity contribution >= 4 is 40.8 Å². The van der Waals surface area contributed by atoms with Gasteiger partial charge in [0.15, 0.2) is 0 Å². The summed E-state index contributed by atoms with van der Waals surface area (Å²) in [5.74, 6) is -0.174. The van der Waals surface area contributed by atoms with E-state index in [0.29, 0.717) is 41.9 Å². The summed E-state index contributed by atoms with van der Waals surface area (Å²) in [6, 6.07) is 5.07. The zero-order chi connectivity index (χ0) is 17.0. The topological polar surface area (TPSA) is 55.9 Å². The first kappa shape index (κ1) is 17.8. The number of benzene rings is 1. The van der Waals surface area contributed by atoms with Gasteiger partial charge in [-0.05, 0) is 12.1 Å². The molecule has 2 rings (SSSR count). The van der Waals surface area contributed by atoms with E-state index in [-0.39, 0.29) is 18.5 Å². The fourth-order valence-electron chi connectivity index (χ4n) is 2.38. The largest absolute Gasteiger partial charge is 0.331 e. The molecule has 0 aliphatic carbocycles. The van der Waals surface area contributed by atoms with Crippen molar-refractivity contribution in [3.8, 4) is 0 Å². The van der Waals surface area contributed by atoms with Crippen molar-refractivity contribution in [3.05, 3.63) is 28.2 Å². The predicted molar refractivity (Wildman–Crippen MR) is 92.2 cm³/mol. The molecular formula is C15H20Cl2N4O2. The Kier molecular flexibility index (Phi) is 6.10. The van der Waals surface area contributed by atoms with Crippen LogP contribution in [-0.4, -0.2) is 73.5 Å². The Balaban J connectivity index is 1.85. The van der Waals surface area contributed by atoms with E-state index in [1.165, 1.54) is 0 Å². The predicted octanol–water partition coefficient (Wildman–Crippen LogP) is 2.23. The van der Waals surface area contributed by atoms with Gasteiger partial charge in [0, 0.05) is 40.3 Å². The van der Waals surface area contributed by atoms with E-state index in [1.54, 1.807) is 42.1 Å². The number of carbonyl (C=O) groups is 2. The highest BCUT2D eigenvalue weighted by molar-refractivity contribution is 6.39. The van der Waals surface area contributed by atoms with Gasteiger partial charge in [0.25, 0.3) is 0 Å². The molecule has 1 saturated heterocycles. The van der Waals surface area contributed by atoms with E-state index >= 15 is 0 Å². The van der Waals surface area contributed by atoms with Gasteiger partial charge in [-0.2, -0.15) is 0 Å². The number of piperazine rings is 1. The summed E-state index contributed by atoms with van der Waals surface area (Å²) >= 11 is 12.1. The first-order chi connectivity index (χ1) is 10.9. The van der Waals surface area contributed by atoms with Crippen LogP contribution in [0.15, 0.2) is 18.2 Å². The number of para-hydroxylation sites is 1. The second-order valence-corrected chi connectivity index (χ2v) is 6.40. The molecule has 0 aromatic heterocycles. The number of urea groups is 1. The smallest absolute Gasteiger partial charge is 0.319 e. The monoisotopic (exact) mass is 358 g/mol. The van der Waals surface area contributed by atoms with Crippen LogP contribution in [0.1, 0.15) is 0 Å². The molecule has 1 aliphatic heterocycles. The maximum absolute atomic E-state index is 12.1. The lowest BCUT2D eigenvalue weighted by Crippen LogP contribution is -2.52. The van der Waals surface area contributed by atoms with Crippen LogP contribution >= 0.6 is 23.2 Å². The first-order valence-electron chi connectivity index (χ1n) is 7.31. The van der Waals surface area contributed by atoms with Crippen LogP contribution in [-0.2, 0) is 4.79 Å². The Morgan fingerprint density at radius 2 is 1.70 bits per heavy atom. The summed E-state index contributed by atoms with van der Waals surface area (Å²) in [5, 5.41) is 3.56. The summed E-state index contributed by atoms with van der Waals surface area (Å²) in [6.45, 7) is 2.77. The fraction of sp³-hybridized carbons (Fsp3) is 0.467. The number of carbonyl (C=O) groups excluding carboxylic acids is 2. The molecule has 23 heavy (non-hydrogen) atoms. The highest BCUT2D eigenvalue weighted by Crippen LogP contribution is 2.29. The van der Waals surface area contributed by atoms with E-state index in [9.17, 15) is 9.59 Å². The molecule has 0 unspecified atom stereocenters. The molecule has 1 aliphatic rings. The second-order valence-electron chi connectivity index (χ2n) is 5.59. The van der Waals surface area contributed by atoms with Gasteiger partial charge in [0.2, 0.25) is 5.91 Å². The summed E-state index contributed by atoms with van der Waals surface area (Å²) in [7, 11) is 3.46. The highest BCUT2D eigenvalue weighted by Gasteiger charge is 2.23. The number of halogens is 2. The Hall–Kier alpha value is -1.50. The molecule has 3 amide bonds. The molecule has 0 saturated carbocycles. The first-order valence-corrected chi connectivity index (χ1v) is 8.06. The van der Waals surface area contributed by atoms with Crippen LogP contribution < -0.4 is 5.32 Å². The summed E-state index contributed by atoms with van der Waals surface area (Å²) in [5.41, 5.74) is 0.433. The molecular weight excluding hydrogens is 339 g/mol. The minimum Gasteiger partial charge on any atom is -0.331 e. The Morgan fingerprint density at radius 1 is 1.13 bits per heavy atom. The van der Waals surface area contributed by atoms with Gasteiger partial charge in [0.05, 0.1) is 22.3 Å². The second kappa shape index (κ2) is 7.86. The average Bonchev–Trinajstić information content (AvgIpc) is 2.51. The van der Waals surface area contributed by atoms with Crippen LogP contribution in [0.5, 0.6) is 0 Å². The Morgan fingerprint density at radius 3 is 2.22 bits per heavy atom. The molecule has 1 fully saturated rings. The van der Waals surface area contributed by atoms with Crippen LogP contribution in [0.3, 0.4) is 0 Å². The maximum Gasteiger partial charge on any atom is 0.319 e. The summed E-state index contributed by atoms with van der Waals surface area (Å²) in [6.07, 6.45) is 0. The lowest BCUT2D eigenvalue weighted by Gasteiger charge is -2.35. The van der Waals surface area contributed by atoms with Gasteiger partial charge in [-0.25, -0.2) is 4.79 Å². The van der Waals surface area contributed by atoms with Crippen molar-refractivity contribution in [2.75, 3.05) is 52.1 Å². The zero-order valence-electron chi connectivity index (χ0n) is 13.2. The standard InChI is InChI=1S/C15H20Cl2N4O2/c1-19(2)15(23)21-8-6-20(7-9-21)10-13(22)18-14-11(16)4-3-5-12(14)17/h3-5H,6-10H2,1-2H3,(H,18,22). The molecule has 8 heteroatoms. The van der Waals surface area contributed by atoms with Gasteiger partial charge < -0.3 is 15.1 Å². The van der Waals surface area contributed by atoms with Crippen LogP contribution in [0.2, 0.25) is 10.0 Å². The molecule has 1 aromatic rings. The van der Waals surface area contributed by atoms with Gasteiger partial charge >= 0.3 is 6.03 Å². The molecule has 0 spiro atoms. The van der Waals surface area contributed by atoms with E-state index in [2.05, 4.69) is 5.32 Å². The maximum atomic E-state index is 12.1. The van der Waals surface area contributed by atoms with E-state index < -0.39 is 0 Å². The van der Waals surface area contributed by atoms with Gasteiger partial charge in [-0.15, -0.1) is 0 Å². The van der Waals surface area contributed by atoms with Crippen molar-refractivity contribution in [1.82, 2.24) is 14.7 Å². The molecule has 6 nitrogen and oxygen atoms in total. The molecule has 0 bridgehead atoms. The van der Waals surface area contributed by atoms with Crippen LogP contribution in [0, 0.1) is 0 Å². The van der Waals surface area contributed by atoms with Crippen molar-refractivity contribution in [3.63, 3.8) is 0 Å². The minimum absolute atomic E-state index is 0.00282. The van der Waals surface area contributed by atoms with Gasteiger partial charge in [0.1, 0.15) is 0 Å². The lowest BCUT2D eigenvalue weighted by molar-refractivity contribution is -0.117. The Bertz CT molecular complexity index is 567. The molecule has 0 radical (unpaired) electrons. The van der Waals surface area contributed by atoms with Crippen molar-refractivity contribution in [1.29, 1.82) is 0 Å². The number of amides is 3. The van der Waals surface area contributed by atoms with Crippen molar-refractivity contribution in [2.45, 2.75) is 0 Å². The van der Waals surface area contributed by atoms with Crippen molar-refractivity contribution < 1.29 is 9.59 Å². The zero-order valence-corrected chi connectivity index (χ0v) is 14.7. The highest BCUT2D eigenvalue weighted by atomic mass is 35.5. The molecule has 1 N–H and O–H groups in total. The quantitative estimate of drug-likeness (QED) is 0.901. The number of nitrogens with zero attached hydrogens (tertiary/aromatic N) is 3. The third-order valence-electron chi connectivity index (χ3n) is 3.62. The van der Waals surface area contributed by atoms with E-state index in [1.807, 2.05) is 4.90 Å². The lowest BCUT2D eigenvalue weighted by atomic mass is 10.3. The third-order valence-corrected chi connectivity index (χ3v) is 4.25. The number of rotatable bonds is 3. The minimum atomic E-state index is -0.174.